The zero-order valence-electron chi connectivity index (χ0n) is 10.9. The summed E-state index contributed by atoms with van der Waals surface area (Å²) in [5.74, 6) is 0. The van der Waals surface area contributed by atoms with Crippen molar-refractivity contribution in [2.75, 3.05) is 6.61 Å². The second-order valence-electron chi connectivity index (χ2n) is 6.73. The molecule has 2 unspecified atom stereocenters. The number of rotatable bonds is 4. The molecule has 0 amide bonds. The SMILES string of the molecule is CC1(C)CCC(N)(CCCC2CCCO2)C1. The molecule has 1 saturated heterocycles. The minimum Gasteiger partial charge on any atom is -0.378 e. The lowest BCUT2D eigenvalue weighted by Gasteiger charge is -2.27. The molecule has 2 heteroatoms. The summed E-state index contributed by atoms with van der Waals surface area (Å²) in [7, 11) is 0. The van der Waals surface area contributed by atoms with Gasteiger partial charge in [-0.15, -0.1) is 0 Å². The van der Waals surface area contributed by atoms with E-state index in [1.165, 1.54) is 51.4 Å². The minimum atomic E-state index is 0.127. The summed E-state index contributed by atoms with van der Waals surface area (Å²) in [5, 5.41) is 0. The highest BCUT2D eigenvalue weighted by Gasteiger charge is 2.39. The normalized spacial score (nSPS) is 38.1. The van der Waals surface area contributed by atoms with E-state index in [0.717, 1.165) is 6.61 Å². The van der Waals surface area contributed by atoms with Crippen LogP contribution in [0.25, 0.3) is 0 Å². The topological polar surface area (TPSA) is 35.2 Å². The Balaban J connectivity index is 1.69. The standard InChI is InChI=1S/C14H27NO/c1-13(2)8-9-14(15,11-13)7-3-5-12-6-4-10-16-12/h12H,3-11,15H2,1-2H3. The fourth-order valence-corrected chi connectivity index (χ4v) is 3.48. The summed E-state index contributed by atoms with van der Waals surface area (Å²) < 4.78 is 5.65. The summed E-state index contributed by atoms with van der Waals surface area (Å²) in [6, 6.07) is 0. The van der Waals surface area contributed by atoms with Crippen LogP contribution in [0.1, 0.15) is 65.2 Å². The van der Waals surface area contributed by atoms with E-state index < -0.39 is 0 Å². The largest absolute Gasteiger partial charge is 0.378 e. The molecule has 2 N–H and O–H groups in total. The molecule has 0 aromatic carbocycles. The molecule has 0 bridgehead atoms. The highest BCUT2D eigenvalue weighted by Crippen LogP contribution is 2.44. The van der Waals surface area contributed by atoms with Crippen LogP contribution in [-0.2, 0) is 4.74 Å². The van der Waals surface area contributed by atoms with Crippen molar-refractivity contribution in [2.45, 2.75) is 76.9 Å². The summed E-state index contributed by atoms with van der Waals surface area (Å²) >= 11 is 0. The lowest BCUT2D eigenvalue weighted by Crippen LogP contribution is -2.37. The molecule has 0 aromatic heterocycles. The van der Waals surface area contributed by atoms with Crippen LogP contribution in [0, 0.1) is 5.41 Å². The molecule has 0 spiro atoms. The number of nitrogens with two attached hydrogens (primary N) is 1. The van der Waals surface area contributed by atoms with E-state index in [4.69, 9.17) is 10.5 Å². The Morgan fingerprint density at radius 2 is 2.12 bits per heavy atom. The molecule has 2 atom stereocenters. The van der Waals surface area contributed by atoms with Crippen LogP contribution in [0.5, 0.6) is 0 Å². The molecular weight excluding hydrogens is 198 g/mol. The number of hydrogen-bond acceptors (Lipinski definition) is 2. The molecule has 16 heavy (non-hydrogen) atoms. The van der Waals surface area contributed by atoms with Crippen molar-refractivity contribution < 1.29 is 4.74 Å². The quantitative estimate of drug-likeness (QED) is 0.797. The van der Waals surface area contributed by atoms with Gasteiger partial charge in [-0.2, -0.15) is 0 Å². The van der Waals surface area contributed by atoms with Crippen LogP contribution in [0.15, 0.2) is 0 Å². The first kappa shape index (κ1) is 12.4. The van der Waals surface area contributed by atoms with Gasteiger partial charge in [0.05, 0.1) is 6.10 Å². The van der Waals surface area contributed by atoms with Crippen LogP contribution in [0.4, 0.5) is 0 Å². The monoisotopic (exact) mass is 225 g/mol. The van der Waals surface area contributed by atoms with Gasteiger partial charge in [0.1, 0.15) is 0 Å². The number of hydrogen-bond donors (Lipinski definition) is 1. The molecule has 94 valence electrons. The zero-order valence-corrected chi connectivity index (χ0v) is 10.9. The van der Waals surface area contributed by atoms with E-state index >= 15 is 0 Å². The van der Waals surface area contributed by atoms with Crippen molar-refractivity contribution in [3.8, 4) is 0 Å². The van der Waals surface area contributed by atoms with Gasteiger partial charge >= 0.3 is 0 Å². The lowest BCUT2D eigenvalue weighted by molar-refractivity contribution is 0.0999. The Labute approximate surface area is 99.9 Å². The summed E-state index contributed by atoms with van der Waals surface area (Å²) in [6.45, 7) is 5.68. The minimum absolute atomic E-state index is 0.127. The van der Waals surface area contributed by atoms with Crippen molar-refractivity contribution >= 4 is 0 Å². The Hall–Kier alpha value is -0.0800. The molecule has 2 nitrogen and oxygen atoms in total. The van der Waals surface area contributed by atoms with E-state index in [0.29, 0.717) is 11.5 Å². The summed E-state index contributed by atoms with van der Waals surface area (Å²) in [6.07, 6.45) is 10.4. The van der Waals surface area contributed by atoms with E-state index in [1.54, 1.807) is 0 Å². The lowest BCUT2D eigenvalue weighted by atomic mass is 9.85. The van der Waals surface area contributed by atoms with Gasteiger partial charge in [-0.25, -0.2) is 0 Å². The molecule has 2 rings (SSSR count). The van der Waals surface area contributed by atoms with Crippen LogP contribution < -0.4 is 5.73 Å². The first-order valence-corrected chi connectivity index (χ1v) is 6.90. The molecule has 1 heterocycles. The van der Waals surface area contributed by atoms with Gasteiger partial charge < -0.3 is 10.5 Å². The molecule has 1 aliphatic heterocycles. The average Bonchev–Trinajstić information content (AvgIpc) is 2.75. The highest BCUT2D eigenvalue weighted by atomic mass is 16.5. The van der Waals surface area contributed by atoms with E-state index in [2.05, 4.69) is 13.8 Å². The van der Waals surface area contributed by atoms with Gasteiger partial charge in [-0.3, -0.25) is 0 Å². The van der Waals surface area contributed by atoms with Gasteiger partial charge in [0.2, 0.25) is 0 Å². The maximum absolute atomic E-state index is 6.48. The van der Waals surface area contributed by atoms with Crippen molar-refractivity contribution in [2.24, 2.45) is 11.1 Å². The second kappa shape index (κ2) is 4.66. The fourth-order valence-electron chi connectivity index (χ4n) is 3.48. The molecule has 0 aromatic rings. The van der Waals surface area contributed by atoms with Gasteiger partial charge in [-0.1, -0.05) is 13.8 Å². The third-order valence-corrected chi connectivity index (χ3v) is 4.36. The maximum atomic E-state index is 6.48. The first-order valence-electron chi connectivity index (χ1n) is 6.90. The predicted octanol–water partition coefficient (Wildman–Crippen LogP) is 3.24. The third kappa shape index (κ3) is 3.21. The Kier molecular flexibility index (Phi) is 3.60. The zero-order chi connectivity index (χ0) is 11.6. The van der Waals surface area contributed by atoms with Crippen LogP contribution in [0.3, 0.4) is 0 Å². The van der Waals surface area contributed by atoms with Gasteiger partial charge in [0.15, 0.2) is 0 Å². The fraction of sp³-hybridized carbons (Fsp3) is 1.00. The van der Waals surface area contributed by atoms with Crippen molar-refractivity contribution in [1.29, 1.82) is 0 Å². The second-order valence-corrected chi connectivity index (χ2v) is 6.73. The van der Waals surface area contributed by atoms with Gasteiger partial charge in [0, 0.05) is 12.1 Å². The summed E-state index contributed by atoms with van der Waals surface area (Å²) in [5.41, 5.74) is 7.08. The smallest absolute Gasteiger partial charge is 0.0576 e. The van der Waals surface area contributed by atoms with Crippen LogP contribution in [0.2, 0.25) is 0 Å². The van der Waals surface area contributed by atoms with E-state index in [-0.39, 0.29) is 5.54 Å². The van der Waals surface area contributed by atoms with Crippen molar-refractivity contribution in [1.82, 2.24) is 0 Å². The van der Waals surface area contributed by atoms with E-state index in [1.807, 2.05) is 0 Å². The van der Waals surface area contributed by atoms with Gasteiger partial charge in [0.25, 0.3) is 0 Å². The van der Waals surface area contributed by atoms with Crippen molar-refractivity contribution in [3.63, 3.8) is 0 Å². The van der Waals surface area contributed by atoms with Crippen LogP contribution >= 0.6 is 0 Å². The Bertz CT molecular complexity index is 233. The summed E-state index contributed by atoms with van der Waals surface area (Å²) in [4.78, 5) is 0. The van der Waals surface area contributed by atoms with Crippen molar-refractivity contribution in [3.05, 3.63) is 0 Å². The highest BCUT2D eigenvalue weighted by molar-refractivity contribution is 4.97. The molecular formula is C14H27NO. The maximum Gasteiger partial charge on any atom is 0.0576 e. The Morgan fingerprint density at radius 3 is 2.69 bits per heavy atom. The first-order chi connectivity index (χ1) is 7.49. The van der Waals surface area contributed by atoms with Gasteiger partial charge in [-0.05, 0) is 56.8 Å². The third-order valence-electron chi connectivity index (χ3n) is 4.36. The molecule has 2 fully saturated rings. The Morgan fingerprint density at radius 1 is 1.31 bits per heavy atom. The molecule has 0 radical (unpaired) electrons. The average molecular weight is 225 g/mol. The molecule has 1 aliphatic carbocycles. The predicted molar refractivity (Wildman–Crippen MR) is 67.4 cm³/mol. The molecule has 2 aliphatic rings. The van der Waals surface area contributed by atoms with E-state index in [9.17, 15) is 0 Å². The van der Waals surface area contributed by atoms with Crippen LogP contribution in [-0.4, -0.2) is 18.2 Å². The number of ether oxygens (including phenoxy) is 1. The molecule has 1 saturated carbocycles.